The van der Waals surface area contributed by atoms with Gasteiger partial charge in [0.15, 0.2) is 0 Å². The molecule has 0 saturated heterocycles. The lowest BCUT2D eigenvalue weighted by Crippen LogP contribution is -2.39. The Balaban J connectivity index is 1.64. The van der Waals surface area contributed by atoms with E-state index in [1.807, 2.05) is 11.8 Å². The molecule has 2 aromatic rings. The SMILES string of the molecule is Cc1ccc(CNC(=O)CN2c3ccc([N+](=O)[O-])cc3CC2C)cc1F. The first-order valence-electron chi connectivity index (χ1n) is 8.41. The smallest absolute Gasteiger partial charge is 0.269 e. The number of fused-ring (bicyclic) bond motifs is 1. The van der Waals surface area contributed by atoms with E-state index in [4.69, 9.17) is 0 Å². The van der Waals surface area contributed by atoms with Crippen LogP contribution in [0.3, 0.4) is 0 Å². The van der Waals surface area contributed by atoms with Crippen molar-refractivity contribution in [1.29, 1.82) is 0 Å². The predicted molar refractivity (Wildman–Crippen MR) is 96.6 cm³/mol. The van der Waals surface area contributed by atoms with Gasteiger partial charge in [-0.05, 0) is 49.1 Å². The fourth-order valence-electron chi connectivity index (χ4n) is 3.19. The predicted octanol–water partition coefficient (Wildman–Crippen LogP) is 3.11. The molecule has 1 heterocycles. The molecular formula is C19H20FN3O3. The number of anilines is 1. The van der Waals surface area contributed by atoms with Gasteiger partial charge in [0.05, 0.1) is 11.5 Å². The topological polar surface area (TPSA) is 75.5 Å². The van der Waals surface area contributed by atoms with Crippen molar-refractivity contribution in [3.05, 3.63) is 69.0 Å². The molecular weight excluding hydrogens is 337 g/mol. The van der Waals surface area contributed by atoms with Gasteiger partial charge in [0, 0.05) is 30.4 Å². The van der Waals surface area contributed by atoms with E-state index < -0.39 is 4.92 Å². The van der Waals surface area contributed by atoms with Crippen LogP contribution in [0.2, 0.25) is 0 Å². The number of amides is 1. The number of rotatable bonds is 5. The van der Waals surface area contributed by atoms with Gasteiger partial charge in [-0.1, -0.05) is 12.1 Å². The van der Waals surface area contributed by atoms with Crippen LogP contribution in [0, 0.1) is 22.9 Å². The molecule has 0 radical (unpaired) electrons. The Morgan fingerprint density at radius 2 is 2.12 bits per heavy atom. The summed E-state index contributed by atoms with van der Waals surface area (Å²) in [5, 5.41) is 13.7. The number of carbonyl (C=O) groups excluding carboxylic acids is 1. The van der Waals surface area contributed by atoms with Crippen LogP contribution in [0.25, 0.3) is 0 Å². The quantitative estimate of drug-likeness (QED) is 0.659. The van der Waals surface area contributed by atoms with Crippen molar-refractivity contribution in [3.8, 4) is 0 Å². The van der Waals surface area contributed by atoms with Crippen molar-refractivity contribution in [3.63, 3.8) is 0 Å². The van der Waals surface area contributed by atoms with E-state index >= 15 is 0 Å². The Morgan fingerprint density at radius 3 is 2.81 bits per heavy atom. The zero-order valence-corrected chi connectivity index (χ0v) is 14.7. The molecule has 1 amide bonds. The van der Waals surface area contributed by atoms with Crippen molar-refractivity contribution < 1.29 is 14.1 Å². The number of halogens is 1. The van der Waals surface area contributed by atoms with E-state index in [-0.39, 0.29) is 36.5 Å². The highest BCUT2D eigenvalue weighted by Crippen LogP contribution is 2.34. The Kier molecular flexibility index (Phi) is 4.88. The summed E-state index contributed by atoms with van der Waals surface area (Å²) in [5.41, 5.74) is 3.05. The van der Waals surface area contributed by atoms with Crippen molar-refractivity contribution >= 4 is 17.3 Å². The number of aryl methyl sites for hydroxylation is 1. The molecule has 1 unspecified atom stereocenters. The molecule has 0 aliphatic carbocycles. The maximum Gasteiger partial charge on any atom is 0.269 e. The van der Waals surface area contributed by atoms with Gasteiger partial charge in [0.25, 0.3) is 5.69 Å². The molecule has 2 aromatic carbocycles. The van der Waals surface area contributed by atoms with Gasteiger partial charge in [-0.15, -0.1) is 0 Å². The number of nitrogens with one attached hydrogen (secondary N) is 1. The maximum atomic E-state index is 13.6. The molecule has 0 spiro atoms. The molecule has 136 valence electrons. The third kappa shape index (κ3) is 3.66. The lowest BCUT2D eigenvalue weighted by atomic mass is 10.1. The van der Waals surface area contributed by atoms with Gasteiger partial charge < -0.3 is 10.2 Å². The first-order valence-corrected chi connectivity index (χ1v) is 8.41. The molecule has 0 aromatic heterocycles. The molecule has 3 rings (SSSR count). The minimum Gasteiger partial charge on any atom is -0.359 e. The second-order valence-electron chi connectivity index (χ2n) is 6.61. The first kappa shape index (κ1) is 17.8. The molecule has 0 saturated carbocycles. The minimum atomic E-state index is -0.416. The first-order chi connectivity index (χ1) is 12.3. The molecule has 1 N–H and O–H groups in total. The molecule has 1 atom stereocenters. The summed E-state index contributed by atoms with van der Waals surface area (Å²) in [6.45, 7) is 4.08. The van der Waals surface area contributed by atoms with Crippen LogP contribution in [-0.4, -0.2) is 23.4 Å². The normalized spacial score (nSPS) is 15.7. The summed E-state index contributed by atoms with van der Waals surface area (Å²) in [7, 11) is 0. The number of nitro groups is 1. The van der Waals surface area contributed by atoms with Crippen molar-refractivity contribution in [2.75, 3.05) is 11.4 Å². The van der Waals surface area contributed by atoms with Gasteiger partial charge in [0.2, 0.25) is 5.91 Å². The zero-order valence-electron chi connectivity index (χ0n) is 14.7. The fraction of sp³-hybridized carbons (Fsp3) is 0.316. The number of benzene rings is 2. The van der Waals surface area contributed by atoms with E-state index in [9.17, 15) is 19.3 Å². The fourth-order valence-corrected chi connectivity index (χ4v) is 3.19. The van der Waals surface area contributed by atoms with E-state index in [1.54, 1.807) is 31.2 Å². The van der Waals surface area contributed by atoms with Crippen LogP contribution >= 0.6 is 0 Å². The molecule has 7 heteroatoms. The number of non-ortho nitro benzene ring substituents is 1. The van der Waals surface area contributed by atoms with Gasteiger partial charge in [-0.3, -0.25) is 14.9 Å². The van der Waals surface area contributed by atoms with E-state index in [1.165, 1.54) is 12.1 Å². The van der Waals surface area contributed by atoms with Crippen molar-refractivity contribution in [2.45, 2.75) is 32.9 Å². The molecule has 26 heavy (non-hydrogen) atoms. The van der Waals surface area contributed by atoms with E-state index in [2.05, 4.69) is 5.32 Å². The lowest BCUT2D eigenvalue weighted by Gasteiger charge is -2.24. The number of hydrogen-bond acceptors (Lipinski definition) is 4. The highest BCUT2D eigenvalue weighted by molar-refractivity contribution is 5.82. The average Bonchev–Trinajstić information content (AvgIpc) is 2.90. The highest BCUT2D eigenvalue weighted by Gasteiger charge is 2.28. The highest BCUT2D eigenvalue weighted by atomic mass is 19.1. The summed E-state index contributed by atoms with van der Waals surface area (Å²) < 4.78 is 13.6. The van der Waals surface area contributed by atoms with E-state index in [0.717, 1.165) is 11.3 Å². The van der Waals surface area contributed by atoms with Gasteiger partial charge in [-0.2, -0.15) is 0 Å². The van der Waals surface area contributed by atoms with Crippen LogP contribution in [-0.2, 0) is 17.8 Å². The van der Waals surface area contributed by atoms with Gasteiger partial charge in [0.1, 0.15) is 5.82 Å². The standard InChI is InChI=1S/C19H20FN3O3/c1-12-3-4-14(8-17(12)20)10-21-19(24)11-22-13(2)7-15-9-16(23(25)26)5-6-18(15)22/h3-6,8-9,13H,7,10-11H2,1-2H3,(H,21,24). The van der Waals surface area contributed by atoms with E-state index in [0.29, 0.717) is 17.5 Å². The zero-order chi connectivity index (χ0) is 18.8. The van der Waals surface area contributed by atoms with Crippen molar-refractivity contribution in [2.24, 2.45) is 0 Å². The minimum absolute atomic E-state index is 0.0589. The Bertz CT molecular complexity index is 869. The second kappa shape index (κ2) is 7.11. The third-order valence-corrected chi connectivity index (χ3v) is 4.67. The molecule has 1 aliphatic heterocycles. The third-order valence-electron chi connectivity index (χ3n) is 4.67. The lowest BCUT2D eigenvalue weighted by molar-refractivity contribution is -0.384. The number of nitro benzene ring substituents is 1. The summed E-state index contributed by atoms with van der Waals surface area (Å²) >= 11 is 0. The summed E-state index contributed by atoms with van der Waals surface area (Å²) in [6.07, 6.45) is 0.660. The summed E-state index contributed by atoms with van der Waals surface area (Å²) in [5.74, 6) is -0.468. The van der Waals surface area contributed by atoms with Crippen LogP contribution in [0.15, 0.2) is 36.4 Å². The molecule has 6 nitrogen and oxygen atoms in total. The molecule has 0 bridgehead atoms. The van der Waals surface area contributed by atoms with Crippen molar-refractivity contribution in [1.82, 2.24) is 5.32 Å². The molecule has 1 aliphatic rings. The van der Waals surface area contributed by atoms with Gasteiger partial charge >= 0.3 is 0 Å². The average molecular weight is 357 g/mol. The Labute approximate surface area is 150 Å². The van der Waals surface area contributed by atoms with Crippen LogP contribution in [0.4, 0.5) is 15.8 Å². The Morgan fingerprint density at radius 1 is 1.35 bits per heavy atom. The largest absolute Gasteiger partial charge is 0.359 e. The number of carbonyl (C=O) groups is 1. The van der Waals surface area contributed by atoms with Crippen LogP contribution in [0.5, 0.6) is 0 Å². The van der Waals surface area contributed by atoms with Crippen LogP contribution in [0.1, 0.15) is 23.6 Å². The maximum absolute atomic E-state index is 13.6. The summed E-state index contributed by atoms with van der Waals surface area (Å²) in [6, 6.07) is 9.68. The molecule has 0 fully saturated rings. The Hall–Kier alpha value is -2.96. The summed E-state index contributed by atoms with van der Waals surface area (Å²) in [4.78, 5) is 24.7. The van der Waals surface area contributed by atoms with Gasteiger partial charge in [-0.25, -0.2) is 4.39 Å². The monoisotopic (exact) mass is 357 g/mol. The number of hydrogen-bond donors (Lipinski definition) is 1. The van der Waals surface area contributed by atoms with Crippen LogP contribution < -0.4 is 10.2 Å². The number of nitrogens with zero attached hydrogens (tertiary/aromatic N) is 2. The second-order valence-corrected chi connectivity index (χ2v) is 6.61.